The summed E-state index contributed by atoms with van der Waals surface area (Å²) in [6.07, 6.45) is 4.72. The topological polar surface area (TPSA) is 37.3 Å². The van der Waals surface area contributed by atoms with Crippen molar-refractivity contribution in [2.24, 2.45) is 0 Å². The monoisotopic (exact) mass is 152 g/mol. The molecule has 0 saturated carbocycles. The number of rotatable bonds is 5. The van der Waals surface area contributed by atoms with Crippen LogP contribution in [0.25, 0.3) is 0 Å². The minimum absolute atomic E-state index is 0. The fraction of sp³-hybridized carbons (Fsp3) is 0.571. The Bertz CT molecular complexity index is 102. The van der Waals surface area contributed by atoms with Gasteiger partial charge in [-0.3, -0.25) is 4.79 Å². The van der Waals surface area contributed by atoms with E-state index in [0.29, 0.717) is 0 Å². The number of hydrogen-bond donors (Lipinski definition) is 1. The van der Waals surface area contributed by atoms with Crippen LogP contribution in [-0.4, -0.2) is 40.6 Å². The standard InChI is InChI=1S/C7H12O2.Na.H/c1-2-3-4-5-6-7(8)9;;/h2H,1,3-6H2,(H,8,9);;. The number of aliphatic carboxylic acids is 1. The van der Waals surface area contributed by atoms with Gasteiger partial charge in [0.2, 0.25) is 0 Å². The van der Waals surface area contributed by atoms with E-state index in [4.69, 9.17) is 5.11 Å². The second-order valence-electron chi connectivity index (χ2n) is 1.93. The van der Waals surface area contributed by atoms with Gasteiger partial charge >= 0.3 is 35.5 Å². The molecule has 0 unspecified atom stereocenters. The summed E-state index contributed by atoms with van der Waals surface area (Å²) in [5, 5.41) is 8.19. The molecule has 0 aromatic heterocycles. The maximum atomic E-state index is 9.94. The molecule has 54 valence electrons. The Kier molecular flexibility index (Phi) is 11.8. The van der Waals surface area contributed by atoms with Crippen LogP contribution in [0.15, 0.2) is 12.7 Å². The molecule has 0 radical (unpaired) electrons. The second-order valence-corrected chi connectivity index (χ2v) is 1.93. The molecular weight excluding hydrogens is 139 g/mol. The molecule has 0 aliphatic carbocycles. The molecule has 0 fully saturated rings. The van der Waals surface area contributed by atoms with Gasteiger partial charge in [0.05, 0.1) is 0 Å². The van der Waals surface area contributed by atoms with Crippen LogP contribution in [0.5, 0.6) is 0 Å². The van der Waals surface area contributed by atoms with Crippen molar-refractivity contribution in [3.8, 4) is 0 Å². The molecule has 0 heterocycles. The van der Waals surface area contributed by atoms with Crippen molar-refractivity contribution in [2.45, 2.75) is 25.7 Å². The average molecular weight is 152 g/mol. The van der Waals surface area contributed by atoms with E-state index in [2.05, 4.69) is 6.58 Å². The summed E-state index contributed by atoms with van der Waals surface area (Å²) in [7, 11) is 0. The normalized spacial score (nSPS) is 8.00. The summed E-state index contributed by atoms with van der Waals surface area (Å²) in [5.41, 5.74) is 0. The molecule has 0 bridgehead atoms. The summed E-state index contributed by atoms with van der Waals surface area (Å²) >= 11 is 0. The molecule has 0 saturated heterocycles. The van der Waals surface area contributed by atoms with Gasteiger partial charge in [0, 0.05) is 6.42 Å². The molecule has 10 heavy (non-hydrogen) atoms. The number of carboxylic acids is 1. The zero-order chi connectivity index (χ0) is 7.11. The number of unbranched alkanes of at least 4 members (excludes halogenated alkanes) is 2. The first-order chi connectivity index (χ1) is 4.27. The SMILES string of the molecule is C=CCCCCC(=O)O.[NaH]. The van der Waals surface area contributed by atoms with Crippen LogP contribution >= 0.6 is 0 Å². The van der Waals surface area contributed by atoms with Crippen molar-refractivity contribution in [1.29, 1.82) is 0 Å². The third-order valence-corrected chi connectivity index (χ3v) is 1.05. The van der Waals surface area contributed by atoms with E-state index in [1.165, 1.54) is 0 Å². The van der Waals surface area contributed by atoms with Crippen molar-refractivity contribution in [1.82, 2.24) is 0 Å². The number of carbonyl (C=O) groups is 1. The fourth-order valence-electron chi connectivity index (χ4n) is 0.565. The molecule has 0 aromatic carbocycles. The molecule has 3 heteroatoms. The van der Waals surface area contributed by atoms with Gasteiger partial charge in [0.15, 0.2) is 0 Å². The van der Waals surface area contributed by atoms with E-state index in [1.807, 2.05) is 6.08 Å². The number of hydrogen-bond acceptors (Lipinski definition) is 1. The molecular formula is C7H13NaO2. The van der Waals surface area contributed by atoms with Crippen molar-refractivity contribution >= 4 is 35.5 Å². The zero-order valence-electron chi connectivity index (χ0n) is 5.47. The molecule has 0 aliphatic heterocycles. The number of allylic oxidation sites excluding steroid dienone is 1. The molecule has 0 aliphatic rings. The molecule has 1 N–H and O–H groups in total. The summed E-state index contributed by atoms with van der Waals surface area (Å²) in [5.74, 6) is -0.709. The fourth-order valence-corrected chi connectivity index (χ4v) is 0.565. The first-order valence-electron chi connectivity index (χ1n) is 3.10. The van der Waals surface area contributed by atoms with Crippen molar-refractivity contribution in [2.75, 3.05) is 0 Å². The van der Waals surface area contributed by atoms with Crippen molar-refractivity contribution < 1.29 is 9.90 Å². The van der Waals surface area contributed by atoms with Gasteiger partial charge in [-0.05, 0) is 19.3 Å². The minimum atomic E-state index is -0.709. The van der Waals surface area contributed by atoms with Crippen LogP contribution in [0.3, 0.4) is 0 Å². The quantitative estimate of drug-likeness (QED) is 0.365. The molecule has 0 rings (SSSR count). The van der Waals surface area contributed by atoms with Gasteiger partial charge in [0.1, 0.15) is 0 Å². The summed E-state index contributed by atoms with van der Waals surface area (Å²) in [4.78, 5) is 9.94. The van der Waals surface area contributed by atoms with Crippen LogP contribution < -0.4 is 0 Å². The van der Waals surface area contributed by atoms with E-state index in [0.717, 1.165) is 19.3 Å². The average Bonchev–Trinajstić information content (AvgIpc) is 1.80. The van der Waals surface area contributed by atoms with Crippen molar-refractivity contribution in [3.05, 3.63) is 12.7 Å². The first kappa shape index (κ1) is 12.8. The third kappa shape index (κ3) is 11.1. The molecule has 0 aromatic rings. The summed E-state index contributed by atoms with van der Waals surface area (Å²) < 4.78 is 0. The van der Waals surface area contributed by atoms with Crippen LogP contribution in [0.4, 0.5) is 0 Å². The predicted octanol–water partition coefficient (Wildman–Crippen LogP) is 1.17. The molecule has 0 spiro atoms. The van der Waals surface area contributed by atoms with Gasteiger partial charge in [0.25, 0.3) is 0 Å². The Morgan fingerprint density at radius 1 is 1.50 bits per heavy atom. The van der Waals surface area contributed by atoms with Gasteiger partial charge in [-0.1, -0.05) is 6.08 Å². The van der Waals surface area contributed by atoms with Crippen LogP contribution in [0.2, 0.25) is 0 Å². The third-order valence-electron chi connectivity index (χ3n) is 1.05. The Morgan fingerprint density at radius 2 is 2.10 bits per heavy atom. The van der Waals surface area contributed by atoms with Gasteiger partial charge in [-0.2, -0.15) is 0 Å². The summed E-state index contributed by atoms with van der Waals surface area (Å²) in [6, 6.07) is 0. The second kappa shape index (κ2) is 9.21. The van der Waals surface area contributed by atoms with Gasteiger partial charge in [-0.25, -0.2) is 0 Å². The number of carboxylic acid groups (broad SMARTS) is 1. The Morgan fingerprint density at radius 3 is 2.50 bits per heavy atom. The van der Waals surface area contributed by atoms with E-state index in [-0.39, 0.29) is 36.0 Å². The van der Waals surface area contributed by atoms with Gasteiger partial charge < -0.3 is 5.11 Å². The van der Waals surface area contributed by atoms with Crippen LogP contribution in [0.1, 0.15) is 25.7 Å². The Labute approximate surface area is 83.6 Å². The first-order valence-corrected chi connectivity index (χ1v) is 3.10. The van der Waals surface area contributed by atoms with Gasteiger partial charge in [-0.15, -0.1) is 6.58 Å². The van der Waals surface area contributed by atoms with Crippen LogP contribution in [0, 0.1) is 0 Å². The molecule has 0 amide bonds. The Hall–Kier alpha value is 0.210. The van der Waals surface area contributed by atoms with Crippen LogP contribution in [-0.2, 0) is 4.79 Å². The molecule has 2 nitrogen and oxygen atoms in total. The predicted molar refractivity (Wildman–Crippen MR) is 43.4 cm³/mol. The van der Waals surface area contributed by atoms with Crippen molar-refractivity contribution in [3.63, 3.8) is 0 Å². The molecule has 0 atom stereocenters. The zero-order valence-corrected chi connectivity index (χ0v) is 5.47. The maximum absolute atomic E-state index is 9.94. The van der Waals surface area contributed by atoms with E-state index in [1.54, 1.807) is 0 Å². The Balaban J connectivity index is 0. The van der Waals surface area contributed by atoms with E-state index in [9.17, 15) is 4.79 Å². The summed E-state index contributed by atoms with van der Waals surface area (Å²) in [6.45, 7) is 3.53. The van der Waals surface area contributed by atoms with E-state index >= 15 is 0 Å². The van der Waals surface area contributed by atoms with E-state index < -0.39 is 5.97 Å².